The Hall–Kier alpha value is -2.86. The first-order valence-electron chi connectivity index (χ1n) is 6.70. The highest BCUT2D eigenvalue weighted by molar-refractivity contribution is 6.30. The molecule has 0 saturated heterocycles. The molecule has 1 aromatic heterocycles. The van der Waals surface area contributed by atoms with E-state index in [1.807, 2.05) is 12.1 Å². The first-order chi connectivity index (χ1) is 11.1. The second kappa shape index (κ2) is 6.10. The summed E-state index contributed by atoms with van der Waals surface area (Å²) in [4.78, 5) is 11.5. The van der Waals surface area contributed by atoms with Gasteiger partial charge in [-0.2, -0.15) is 0 Å². The van der Waals surface area contributed by atoms with E-state index in [4.69, 9.17) is 16.3 Å². The molecule has 116 valence electrons. The van der Waals surface area contributed by atoms with Crippen molar-refractivity contribution in [2.45, 2.75) is 0 Å². The van der Waals surface area contributed by atoms with E-state index in [1.54, 1.807) is 36.4 Å². The zero-order valence-corrected chi connectivity index (χ0v) is 12.9. The van der Waals surface area contributed by atoms with Gasteiger partial charge in [-0.15, -0.1) is 5.10 Å². The predicted octanol–water partition coefficient (Wildman–Crippen LogP) is 3.29. The van der Waals surface area contributed by atoms with Crippen molar-refractivity contribution in [1.29, 1.82) is 0 Å². The number of hydrogen-bond acceptors (Lipinski definition) is 4. The van der Waals surface area contributed by atoms with Gasteiger partial charge in [-0.25, -0.2) is 9.48 Å². The van der Waals surface area contributed by atoms with Gasteiger partial charge in [0, 0.05) is 10.6 Å². The minimum absolute atomic E-state index is 0.141. The fraction of sp³-hybridized carbons (Fsp3) is 0.0625. The van der Waals surface area contributed by atoms with Crippen molar-refractivity contribution in [2.75, 3.05) is 7.11 Å². The molecule has 0 amide bonds. The number of ether oxygens (including phenoxy) is 1. The van der Waals surface area contributed by atoms with Gasteiger partial charge in [0.15, 0.2) is 5.69 Å². The van der Waals surface area contributed by atoms with E-state index in [-0.39, 0.29) is 5.69 Å². The van der Waals surface area contributed by atoms with Crippen LogP contribution in [0.25, 0.3) is 16.9 Å². The topological polar surface area (TPSA) is 77.2 Å². The smallest absolute Gasteiger partial charge is 0.358 e. The lowest BCUT2D eigenvalue weighted by Gasteiger charge is -2.11. The number of benzene rings is 2. The third-order valence-electron chi connectivity index (χ3n) is 3.30. The molecule has 0 unspecified atom stereocenters. The number of para-hydroxylation sites is 2. The van der Waals surface area contributed by atoms with Gasteiger partial charge in [-0.05, 0) is 24.3 Å². The van der Waals surface area contributed by atoms with Crippen LogP contribution in [0, 0.1) is 0 Å². The van der Waals surface area contributed by atoms with Crippen LogP contribution in [0.4, 0.5) is 0 Å². The third kappa shape index (κ3) is 2.76. The highest BCUT2D eigenvalue weighted by atomic mass is 35.5. The van der Waals surface area contributed by atoms with Gasteiger partial charge in [0.2, 0.25) is 0 Å². The summed E-state index contributed by atoms with van der Waals surface area (Å²) in [5.74, 6) is -0.597. The molecule has 0 spiro atoms. The van der Waals surface area contributed by atoms with E-state index in [0.717, 1.165) is 0 Å². The van der Waals surface area contributed by atoms with Gasteiger partial charge in [0.05, 0.1) is 7.11 Å². The molecule has 1 N–H and O–H groups in total. The van der Waals surface area contributed by atoms with Gasteiger partial charge < -0.3 is 9.84 Å². The molecule has 0 atom stereocenters. The molecule has 7 heteroatoms. The van der Waals surface area contributed by atoms with Crippen LogP contribution in [0.2, 0.25) is 5.02 Å². The number of halogens is 1. The molecule has 3 aromatic rings. The van der Waals surface area contributed by atoms with E-state index < -0.39 is 5.97 Å². The van der Waals surface area contributed by atoms with Crippen LogP contribution >= 0.6 is 11.6 Å². The lowest BCUT2D eigenvalue weighted by molar-refractivity contribution is 0.0691. The number of rotatable bonds is 4. The standard InChI is InChI=1S/C16H12ClN3O3/c1-23-13-5-3-2-4-12(13)20-15(14(16(21)22)18-19-20)10-6-8-11(17)9-7-10/h2-9H,1H3,(H,21,22). The SMILES string of the molecule is COc1ccccc1-n1nnc(C(=O)O)c1-c1ccc(Cl)cc1. The van der Waals surface area contributed by atoms with E-state index in [1.165, 1.54) is 11.8 Å². The van der Waals surface area contributed by atoms with Gasteiger partial charge >= 0.3 is 5.97 Å². The number of carboxylic acids is 1. The number of carboxylic acid groups (broad SMARTS) is 1. The molecule has 6 nitrogen and oxygen atoms in total. The highest BCUT2D eigenvalue weighted by Crippen LogP contribution is 2.30. The molecule has 0 bridgehead atoms. The summed E-state index contributed by atoms with van der Waals surface area (Å²) in [6, 6.07) is 14.0. The highest BCUT2D eigenvalue weighted by Gasteiger charge is 2.22. The van der Waals surface area contributed by atoms with Crippen LogP contribution in [-0.2, 0) is 0 Å². The minimum atomic E-state index is -1.16. The van der Waals surface area contributed by atoms with Gasteiger partial charge in [0.25, 0.3) is 0 Å². The first kappa shape index (κ1) is 15.1. The first-order valence-corrected chi connectivity index (χ1v) is 7.08. The Labute approximate surface area is 136 Å². The Morgan fingerprint density at radius 3 is 2.52 bits per heavy atom. The normalized spacial score (nSPS) is 10.5. The Morgan fingerprint density at radius 2 is 1.87 bits per heavy atom. The maximum atomic E-state index is 11.5. The lowest BCUT2D eigenvalue weighted by Crippen LogP contribution is -2.04. The maximum absolute atomic E-state index is 11.5. The van der Waals surface area contributed by atoms with Crippen LogP contribution in [0.15, 0.2) is 48.5 Å². The van der Waals surface area contributed by atoms with Crippen molar-refractivity contribution in [1.82, 2.24) is 15.0 Å². The van der Waals surface area contributed by atoms with E-state index in [0.29, 0.717) is 27.7 Å². The van der Waals surface area contributed by atoms with E-state index in [2.05, 4.69) is 10.3 Å². The molecule has 1 heterocycles. The molecule has 3 rings (SSSR count). The molecular formula is C16H12ClN3O3. The second-order valence-electron chi connectivity index (χ2n) is 4.68. The Kier molecular flexibility index (Phi) is 3.99. The minimum Gasteiger partial charge on any atom is -0.494 e. The number of nitrogens with zero attached hydrogens (tertiary/aromatic N) is 3. The maximum Gasteiger partial charge on any atom is 0.358 e. The summed E-state index contributed by atoms with van der Waals surface area (Å²) < 4.78 is 6.77. The summed E-state index contributed by atoms with van der Waals surface area (Å²) in [7, 11) is 1.54. The Balaban J connectivity index is 2.26. The van der Waals surface area contributed by atoms with Crippen LogP contribution in [0.3, 0.4) is 0 Å². The number of aromatic nitrogens is 3. The molecule has 2 aromatic carbocycles. The van der Waals surface area contributed by atoms with Crippen LogP contribution < -0.4 is 4.74 Å². The monoisotopic (exact) mass is 329 g/mol. The molecular weight excluding hydrogens is 318 g/mol. The second-order valence-corrected chi connectivity index (χ2v) is 5.12. The summed E-state index contributed by atoms with van der Waals surface area (Å²) in [5, 5.41) is 17.7. The molecule has 0 aliphatic heterocycles. The fourth-order valence-corrected chi connectivity index (χ4v) is 2.39. The third-order valence-corrected chi connectivity index (χ3v) is 3.56. The average molecular weight is 330 g/mol. The zero-order chi connectivity index (χ0) is 16.4. The van der Waals surface area contributed by atoms with Gasteiger partial charge in [-0.3, -0.25) is 0 Å². The van der Waals surface area contributed by atoms with Gasteiger partial charge in [-0.1, -0.05) is 41.1 Å². The number of carbonyl (C=O) groups is 1. The van der Waals surface area contributed by atoms with Crippen molar-refractivity contribution in [3.05, 3.63) is 59.2 Å². The number of aromatic carboxylic acids is 1. The summed E-state index contributed by atoms with van der Waals surface area (Å²) in [6.07, 6.45) is 0. The zero-order valence-electron chi connectivity index (χ0n) is 12.1. The van der Waals surface area contributed by atoms with Gasteiger partial charge in [0.1, 0.15) is 17.1 Å². The van der Waals surface area contributed by atoms with Crippen LogP contribution in [-0.4, -0.2) is 33.2 Å². The Bertz CT molecular complexity index is 859. The van der Waals surface area contributed by atoms with Crippen LogP contribution in [0.1, 0.15) is 10.5 Å². The molecule has 23 heavy (non-hydrogen) atoms. The van der Waals surface area contributed by atoms with E-state index >= 15 is 0 Å². The molecule has 0 saturated carbocycles. The number of hydrogen-bond donors (Lipinski definition) is 1. The van der Waals surface area contributed by atoms with Crippen molar-refractivity contribution in [3.63, 3.8) is 0 Å². The molecule has 0 fully saturated rings. The average Bonchev–Trinajstić information content (AvgIpc) is 3.00. The Morgan fingerprint density at radius 1 is 1.17 bits per heavy atom. The van der Waals surface area contributed by atoms with Crippen LogP contribution in [0.5, 0.6) is 5.75 Å². The van der Waals surface area contributed by atoms with Crippen molar-refractivity contribution >= 4 is 17.6 Å². The molecule has 0 aliphatic carbocycles. The molecule has 0 radical (unpaired) electrons. The predicted molar refractivity (Wildman–Crippen MR) is 85.3 cm³/mol. The number of methoxy groups -OCH3 is 1. The summed E-state index contributed by atoms with van der Waals surface area (Å²) in [6.45, 7) is 0. The largest absolute Gasteiger partial charge is 0.494 e. The summed E-state index contributed by atoms with van der Waals surface area (Å²) >= 11 is 5.91. The van der Waals surface area contributed by atoms with Crippen molar-refractivity contribution in [2.24, 2.45) is 0 Å². The summed E-state index contributed by atoms with van der Waals surface area (Å²) in [5.41, 5.74) is 1.46. The molecule has 0 aliphatic rings. The van der Waals surface area contributed by atoms with Crippen molar-refractivity contribution < 1.29 is 14.6 Å². The quantitative estimate of drug-likeness (QED) is 0.794. The van der Waals surface area contributed by atoms with E-state index in [9.17, 15) is 9.90 Å². The lowest BCUT2D eigenvalue weighted by atomic mass is 10.1. The fourth-order valence-electron chi connectivity index (χ4n) is 2.27. The van der Waals surface area contributed by atoms with Crippen molar-refractivity contribution in [3.8, 4) is 22.7 Å².